The zero-order chi connectivity index (χ0) is 22.5. The van der Waals surface area contributed by atoms with Crippen molar-refractivity contribution in [2.75, 3.05) is 16.4 Å². The Labute approximate surface area is 190 Å². The van der Waals surface area contributed by atoms with E-state index < -0.39 is 29.3 Å². The van der Waals surface area contributed by atoms with Crippen molar-refractivity contribution in [2.45, 2.75) is 30.8 Å². The Kier molecular flexibility index (Phi) is 7.50. The van der Waals surface area contributed by atoms with Gasteiger partial charge >= 0.3 is 5.97 Å². The van der Waals surface area contributed by atoms with Crippen molar-refractivity contribution in [3.63, 3.8) is 0 Å². The van der Waals surface area contributed by atoms with E-state index in [-0.39, 0.29) is 23.8 Å². The number of rotatable bonds is 7. The topological polar surface area (TPSA) is 98.2 Å². The van der Waals surface area contributed by atoms with Crippen LogP contribution in [0.5, 0.6) is 5.75 Å². The summed E-state index contributed by atoms with van der Waals surface area (Å²) in [5.74, 6) is -1.26. The number of hydrogen-bond acceptors (Lipinski definition) is 6. The van der Waals surface area contributed by atoms with Crippen LogP contribution in [0.4, 0.5) is 5.69 Å². The Morgan fingerprint density at radius 1 is 1.16 bits per heavy atom. The van der Waals surface area contributed by atoms with Crippen molar-refractivity contribution < 1.29 is 24.6 Å². The van der Waals surface area contributed by atoms with Crippen LogP contribution in [0, 0.1) is 0 Å². The van der Waals surface area contributed by atoms with Gasteiger partial charge in [0.25, 0.3) is 5.91 Å². The van der Waals surface area contributed by atoms with E-state index in [1.165, 1.54) is 34.6 Å². The van der Waals surface area contributed by atoms with Gasteiger partial charge in [-0.25, -0.2) is 4.79 Å². The van der Waals surface area contributed by atoms with E-state index in [1.807, 2.05) is 0 Å². The summed E-state index contributed by atoms with van der Waals surface area (Å²) in [6.07, 6.45) is 0.122. The van der Waals surface area contributed by atoms with Crippen molar-refractivity contribution in [3.8, 4) is 5.75 Å². The monoisotopic (exact) mass is 460 g/mol. The predicted molar refractivity (Wildman–Crippen MR) is 123 cm³/mol. The predicted octanol–water partition coefficient (Wildman–Crippen LogP) is 3.16. The normalized spacial score (nSPS) is 19.1. The molecule has 9 heteroatoms. The van der Waals surface area contributed by atoms with E-state index in [4.69, 9.17) is 0 Å². The number of anilines is 1. The summed E-state index contributed by atoms with van der Waals surface area (Å²) in [4.78, 5) is 41.1. The summed E-state index contributed by atoms with van der Waals surface area (Å²) in [6, 6.07) is 13.3. The summed E-state index contributed by atoms with van der Waals surface area (Å²) in [5.41, 5.74) is 0.980. The van der Waals surface area contributed by atoms with Gasteiger partial charge in [-0.05, 0) is 30.9 Å². The van der Waals surface area contributed by atoms with Crippen molar-refractivity contribution in [3.05, 3.63) is 60.2 Å². The molecule has 2 amide bonds. The number of aromatic hydroxyl groups is 1. The molecular formula is C22H24N2O5S2. The number of amides is 2. The molecule has 0 saturated carbocycles. The smallest absolute Gasteiger partial charge is 0.326 e. The van der Waals surface area contributed by atoms with E-state index in [9.17, 15) is 24.6 Å². The fourth-order valence-electron chi connectivity index (χ4n) is 3.56. The van der Waals surface area contributed by atoms with E-state index in [1.54, 1.807) is 48.5 Å². The SMILES string of the molecule is C[C@@H](C(=O)O)N(C(=O)[C@@H]1CS[C@H](c2ccccc2O)N1C(=O)CCS)c1ccccc1. The third-order valence-corrected chi connectivity index (χ3v) is 6.65. The van der Waals surface area contributed by atoms with Crippen molar-refractivity contribution in [1.29, 1.82) is 0 Å². The number of carbonyl (C=O) groups is 3. The highest BCUT2D eigenvalue weighted by molar-refractivity contribution is 7.99. The van der Waals surface area contributed by atoms with E-state index in [0.717, 1.165) is 0 Å². The second-order valence-corrected chi connectivity index (χ2v) is 8.65. The summed E-state index contributed by atoms with van der Waals surface area (Å²) in [7, 11) is 0. The molecule has 1 fully saturated rings. The fourth-order valence-corrected chi connectivity index (χ4v) is 5.23. The molecule has 0 aromatic heterocycles. The highest BCUT2D eigenvalue weighted by Crippen LogP contribution is 2.45. The number of nitrogens with zero attached hydrogens (tertiary/aromatic N) is 2. The van der Waals surface area contributed by atoms with Gasteiger partial charge < -0.3 is 15.1 Å². The molecule has 0 spiro atoms. The number of carboxylic acid groups (broad SMARTS) is 1. The number of phenols is 1. The maximum Gasteiger partial charge on any atom is 0.326 e. The Bertz CT molecular complexity index is 956. The molecule has 0 unspecified atom stereocenters. The van der Waals surface area contributed by atoms with Gasteiger partial charge in [-0.2, -0.15) is 12.6 Å². The first-order valence-electron chi connectivity index (χ1n) is 9.79. The Hall–Kier alpha value is -2.65. The Morgan fingerprint density at radius 2 is 1.81 bits per heavy atom. The highest BCUT2D eigenvalue weighted by atomic mass is 32.2. The van der Waals surface area contributed by atoms with Gasteiger partial charge in [-0.3, -0.25) is 14.5 Å². The number of thioether (sulfide) groups is 1. The lowest BCUT2D eigenvalue weighted by molar-refractivity contribution is -0.141. The van der Waals surface area contributed by atoms with Crippen LogP contribution in [0.25, 0.3) is 0 Å². The van der Waals surface area contributed by atoms with Gasteiger partial charge in [0, 0.05) is 23.4 Å². The van der Waals surface area contributed by atoms with Crippen molar-refractivity contribution in [1.82, 2.24) is 4.90 Å². The number of carboxylic acids is 1. The third-order valence-electron chi connectivity index (χ3n) is 5.12. The zero-order valence-electron chi connectivity index (χ0n) is 16.9. The molecule has 3 rings (SSSR count). The number of thiol groups is 1. The minimum atomic E-state index is -1.15. The maximum absolute atomic E-state index is 13.6. The van der Waals surface area contributed by atoms with Crippen LogP contribution in [-0.4, -0.2) is 56.5 Å². The molecule has 1 heterocycles. The van der Waals surface area contributed by atoms with Crippen LogP contribution in [0.2, 0.25) is 0 Å². The first-order valence-corrected chi connectivity index (χ1v) is 11.5. The second-order valence-electron chi connectivity index (χ2n) is 7.09. The summed E-state index contributed by atoms with van der Waals surface area (Å²) in [5, 5.41) is 19.4. The summed E-state index contributed by atoms with van der Waals surface area (Å²) >= 11 is 5.52. The van der Waals surface area contributed by atoms with Crippen LogP contribution in [0.3, 0.4) is 0 Å². The molecule has 3 atom stereocenters. The molecule has 1 aliphatic rings. The molecule has 0 radical (unpaired) electrons. The van der Waals surface area contributed by atoms with Gasteiger partial charge in [0.1, 0.15) is 23.2 Å². The standard InChI is InChI=1S/C22H24N2O5S2/c1-14(22(28)29)23(15-7-3-2-4-8-15)20(27)17-13-31-21(24(17)19(26)11-12-30)16-9-5-6-10-18(16)25/h2-10,14,17,21,25,30H,11-13H2,1H3,(H,28,29)/t14-,17-,21+/m0/s1. The molecule has 2 N–H and O–H groups in total. The first-order chi connectivity index (χ1) is 14.9. The van der Waals surface area contributed by atoms with Crippen LogP contribution in [0.15, 0.2) is 54.6 Å². The van der Waals surface area contributed by atoms with Crippen LogP contribution < -0.4 is 4.90 Å². The Morgan fingerprint density at radius 3 is 2.42 bits per heavy atom. The third kappa shape index (κ3) is 4.83. The minimum absolute atomic E-state index is 0.0376. The Balaban J connectivity index is 2.01. The maximum atomic E-state index is 13.6. The fraction of sp³-hybridized carbons (Fsp3) is 0.318. The van der Waals surface area contributed by atoms with Gasteiger partial charge in [0.15, 0.2) is 0 Å². The lowest BCUT2D eigenvalue weighted by Crippen LogP contribution is -2.54. The van der Waals surface area contributed by atoms with Crippen LogP contribution >= 0.6 is 24.4 Å². The molecule has 164 valence electrons. The average molecular weight is 461 g/mol. The highest BCUT2D eigenvalue weighted by Gasteiger charge is 2.45. The number of phenolic OH excluding ortho intramolecular Hbond substituents is 1. The number of aliphatic carboxylic acids is 1. The molecule has 7 nitrogen and oxygen atoms in total. The van der Waals surface area contributed by atoms with E-state index in [0.29, 0.717) is 17.0 Å². The molecular weight excluding hydrogens is 436 g/mol. The molecule has 2 aromatic carbocycles. The quantitative estimate of drug-likeness (QED) is 0.549. The van der Waals surface area contributed by atoms with E-state index in [2.05, 4.69) is 12.6 Å². The summed E-state index contributed by atoms with van der Waals surface area (Å²) < 4.78 is 0. The van der Waals surface area contributed by atoms with Gasteiger partial charge in [-0.1, -0.05) is 36.4 Å². The molecule has 1 saturated heterocycles. The summed E-state index contributed by atoms with van der Waals surface area (Å²) in [6.45, 7) is 1.44. The van der Waals surface area contributed by atoms with Gasteiger partial charge in [0.2, 0.25) is 5.91 Å². The molecule has 31 heavy (non-hydrogen) atoms. The van der Waals surface area contributed by atoms with Crippen molar-refractivity contribution >= 4 is 47.9 Å². The average Bonchev–Trinajstić information content (AvgIpc) is 3.20. The number of carbonyl (C=O) groups excluding carboxylic acids is 2. The molecule has 1 aliphatic heterocycles. The van der Waals surface area contributed by atoms with Gasteiger partial charge in [-0.15, -0.1) is 11.8 Å². The largest absolute Gasteiger partial charge is 0.508 e. The number of benzene rings is 2. The lowest BCUT2D eigenvalue weighted by atomic mass is 10.1. The van der Waals surface area contributed by atoms with Gasteiger partial charge in [0.05, 0.1) is 0 Å². The first kappa shape index (κ1) is 23.0. The second kappa shape index (κ2) is 10.1. The molecule has 0 aliphatic carbocycles. The minimum Gasteiger partial charge on any atom is -0.508 e. The number of para-hydroxylation sites is 2. The molecule has 0 bridgehead atoms. The van der Waals surface area contributed by atoms with Crippen LogP contribution in [-0.2, 0) is 14.4 Å². The lowest BCUT2D eigenvalue weighted by Gasteiger charge is -2.34. The van der Waals surface area contributed by atoms with Crippen LogP contribution in [0.1, 0.15) is 24.3 Å². The molecule has 2 aromatic rings. The van der Waals surface area contributed by atoms with E-state index >= 15 is 0 Å². The zero-order valence-corrected chi connectivity index (χ0v) is 18.6. The number of hydrogen-bond donors (Lipinski definition) is 3. The van der Waals surface area contributed by atoms with Crippen molar-refractivity contribution in [2.24, 2.45) is 0 Å².